The molecule has 4 nitrogen and oxygen atoms in total. The molecule has 2 unspecified atom stereocenters. The summed E-state index contributed by atoms with van der Waals surface area (Å²) in [7, 11) is 2.19. The van der Waals surface area contributed by atoms with E-state index in [1.165, 1.54) is 23.5 Å². The Morgan fingerprint density at radius 1 is 1.38 bits per heavy atom. The predicted molar refractivity (Wildman–Crippen MR) is 97.6 cm³/mol. The molecule has 3 aromatic rings. The van der Waals surface area contributed by atoms with Crippen molar-refractivity contribution in [2.75, 3.05) is 0 Å². The summed E-state index contributed by atoms with van der Waals surface area (Å²) in [6.07, 6.45) is 0. The highest BCUT2D eigenvalue weighted by molar-refractivity contribution is 9.11. The van der Waals surface area contributed by atoms with Gasteiger partial charge in [0, 0.05) is 16.1 Å². The molecule has 122 valence electrons. The Morgan fingerprint density at radius 3 is 2.88 bits per heavy atom. The number of benzene rings is 2. The first kappa shape index (κ1) is 16.4. The SMILES string of the molecule is O=C1c2ccc3sc(Br)nc3c2C(O)(c2cc(F)ccc2Cl)N1P. The number of carbonyl (C=O) groups excluding carboxylic acids is 1. The van der Waals surface area contributed by atoms with Gasteiger partial charge < -0.3 is 5.11 Å². The van der Waals surface area contributed by atoms with Gasteiger partial charge in [-0.1, -0.05) is 11.6 Å². The van der Waals surface area contributed by atoms with E-state index in [4.69, 9.17) is 11.6 Å². The Labute approximate surface area is 155 Å². The number of carbonyl (C=O) groups is 1. The summed E-state index contributed by atoms with van der Waals surface area (Å²) >= 11 is 10.9. The molecule has 1 amide bonds. The Morgan fingerprint density at radius 2 is 2.12 bits per heavy atom. The molecule has 24 heavy (non-hydrogen) atoms. The second-order valence-corrected chi connectivity index (χ2v) is 8.50. The van der Waals surface area contributed by atoms with Gasteiger partial charge in [0.15, 0.2) is 3.92 Å². The molecule has 0 saturated carbocycles. The lowest BCUT2D eigenvalue weighted by Crippen LogP contribution is -2.38. The van der Waals surface area contributed by atoms with Crippen molar-refractivity contribution in [3.05, 3.63) is 61.8 Å². The van der Waals surface area contributed by atoms with Crippen LogP contribution in [0.2, 0.25) is 5.02 Å². The Hall–Kier alpha value is -1.11. The van der Waals surface area contributed by atoms with Gasteiger partial charge in [0.1, 0.15) is 5.82 Å². The highest BCUT2D eigenvalue weighted by Gasteiger charge is 2.51. The van der Waals surface area contributed by atoms with Gasteiger partial charge in [0.05, 0.1) is 15.8 Å². The van der Waals surface area contributed by atoms with Crippen LogP contribution in [0.15, 0.2) is 34.2 Å². The maximum absolute atomic E-state index is 13.8. The number of nitrogens with zero attached hydrogens (tertiary/aromatic N) is 2. The summed E-state index contributed by atoms with van der Waals surface area (Å²) in [6.45, 7) is 0. The van der Waals surface area contributed by atoms with E-state index in [2.05, 4.69) is 30.3 Å². The van der Waals surface area contributed by atoms with Crippen molar-refractivity contribution in [1.29, 1.82) is 0 Å². The lowest BCUT2D eigenvalue weighted by Gasteiger charge is -2.32. The zero-order valence-electron chi connectivity index (χ0n) is 11.8. The van der Waals surface area contributed by atoms with Crippen LogP contribution in [0, 0.1) is 5.82 Å². The van der Waals surface area contributed by atoms with Gasteiger partial charge in [-0.2, -0.15) is 0 Å². The molecule has 4 rings (SSSR count). The van der Waals surface area contributed by atoms with Gasteiger partial charge in [-0.3, -0.25) is 9.46 Å². The topological polar surface area (TPSA) is 53.4 Å². The molecule has 9 heteroatoms. The van der Waals surface area contributed by atoms with Gasteiger partial charge >= 0.3 is 0 Å². The minimum Gasteiger partial charge on any atom is -0.363 e. The van der Waals surface area contributed by atoms with Crippen molar-refractivity contribution in [3.8, 4) is 0 Å². The quantitative estimate of drug-likeness (QED) is 0.569. The highest BCUT2D eigenvalue weighted by Crippen LogP contribution is 2.49. The van der Waals surface area contributed by atoms with E-state index in [0.717, 1.165) is 15.4 Å². The Bertz CT molecular complexity index is 1030. The summed E-state index contributed by atoms with van der Waals surface area (Å²) in [5.74, 6) is -0.974. The second kappa shape index (κ2) is 5.44. The number of aliphatic hydroxyl groups is 1. The van der Waals surface area contributed by atoms with E-state index in [0.29, 0.717) is 20.6 Å². The van der Waals surface area contributed by atoms with Crippen LogP contribution < -0.4 is 0 Å². The number of halogens is 3. The molecule has 0 spiro atoms. The van der Waals surface area contributed by atoms with Crippen molar-refractivity contribution in [3.63, 3.8) is 0 Å². The Balaban J connectivity index is 2.13. The molecule has 2 atom stereocenters. The van der Waals surface area contributed by atoms with Crippen molar-refractivity contribution in [2.45, 2.75) is 5.72 Å². The Kier molecular flexibility index (Phi) is 3.71. The van der Waals surface area contributed by atoms with Crippen molar-refractivity contribution < 1.29 is 14.3 Å². The fourth-order valence-electron chi connectivity index (χ4n) is 2.92. The number of hydrogen-bond acceptors (Lipinski definition) is 4. The number of aromatic nitrogens is 1. The van der Waals surface area contributed by atoms with E-state index in [-0.39, 0.29) is 10.6 Å². The lowest BCUT2D eigenvalue weighted by atomic mass is 9.93. The normalized spacial score (nSPS) is 20.0. The molecule has 1 aromatic heterocycles. The number of hydrogen-bond donors (Lipinski definition) is 1. The zero-order chi connectivity index (χ0) is 17.2. The zero-order valence-corrected chi connectivity index (χ0v) is 16.1. The molecule has 1 aliphatic rings. The third-order valence-electron chi connectivity index (χ3n) is 3.99. The van der Waals surface area contributed by atoms with Crippen molar-refractivity contribution >= 4 is 64.4 Å². The number of thiazole rings is 1. The first-order valence-electron chi connectivity index (χ1n) is 6.70. The molecule has 2 aromatic carbocycles. The summed E-state index contributed by atoms with van der Waals surface area (Å²) < 4.78 is 16.3. The van der Waals surface area contributed by atoms with Gasteiger partial charge in [-0.25, -0.2) is 9.37 Å². The molecule has 0 saturated heterocycles. The molecule has 0 aliphatic carbocycles. The molecule has 2 heterocycles. The summed E-state index contributed by atoms with van der Waals surface area (Å²) in [5, 5.41) is 11.6. The molecular formula is C15H8BrClFN2O2PS. The van der Waals surface area contributed by atoms with Crippen LogP contribution in [0.3, 0.4) is 0 Å². The van der Waals surface area contributed by atoms with E-state index in [1.807, 2.05) is 0 Å². The van der Waals surface area contributed by atoms with Crippen molar-refractivity contribution in [1.82, 2.24) is 9.65 Å². The fraction of sp³-hybridized carbons (Fsp3) is 0.0667. The lowest BCUT2D eigenvalue weighted by molar-refractivity contribution is -0.00206. The number of fused-ring (bicyclic) bond motifs is 3. The minimum absolute atomic E-state index is 0.0860. The third kappa shape index (κ3) is 2.09. The second-order valence-electron chi connectivity index (χ2n) is 5.27. The molecular weight excluding hydrogens is 438 g/mol. The van der Waals surface area contributed by atoms with Gasteiger partial charge in [-0.15, -0.1) is 11.3 Å². The summed E-state index contributed by atoms with van der Waals surface area (Å²) in [5.41, 5.74) is -0.760. The van der Waals surface area contributed by atoms with Crippen LogP contribution in [0.5, 0.6) is 0 Å². The van der Waals surface area contributed by atoms with Gasteiger partial charge in [0.2, 0.25) is 5.72 Å². The van der Waals surface area contributed by atoms with Crippen LogP contribution in [0.25, 0.3) is 10.2 Å². The van der Waals surface area contributed by atoms with Crippen LogP contribution in [0.4, 0.5) is 4.39 Å². The third-order valence-corrected chi connectivity index (χ3v) is 6.39. The van der Waals surface area contributed by atoms with E-state index < -0.39 is 17.4 Å². The predicted octanol–water partition coefficient (Wildman–Crippen LogP) is 4.29. The number of amides is 1. The van der Waals surface area contributed by atoms with E-state index in [9.17, 15) is 14.3 Å². The first-order valence-corrected chi connectivity index (χ1v) is 9.21. The maximum atomic E-state index is 13.8. The first-order chi connectivity index (χ1) is 11.3. The average Bonchev–Trinajstić information content (AvgIpc) is 3.01. The van der Waals surface area contributed by atoms with E-state index >= 15 is 0 Å². The standard InChI is InChI=1S/C15H8BrClFN2O2PS/c16-14-19-12-10(24-14)4-2-7-11(12)15(22,20(23)13(7)21)8-5-6(18)1-3-9(8)17/h1-5,22H,23H2. The fourth-order valence-corrected chi connectivity index (χ4v) is 4.98. The summed E-state index contributed by atoms with van der Waals surface area (Å²) in [6, 6.07) is 7.07. The highest BCUT2D eigenvalue weighted by atomic mass is 79.9. The molecule has 0 bridgehead atoms. The molecule has 0 radical (unpaired) electrons. The molecule has 0 fully saturated rings. The summed E-state index contributed by atoms with van der Waals surface area (Å²) in [4.78, 5) is 17.0. The molecule has 1 N–H and O–H groups in total. The number of rotatable bonds is 1. The van der Waals surface area contributed by atoms with Crippen LogP contribution in [-0.4, -0.2) is 20.7 Å². The minimum atomic E-state index is -1.93. The van der Waals surface area contributed by atoms with Crippen LogP contribution in [0.1, 0.15) is 21.5 Å². The van der Waals surface area contributed by atoms with Gasteiger partial charge in [-0.05, 0) is 55.7 Å². The monoisotopic (exact) mass is 444 g/mol. The average molecular weight is 446 g/mol. The van der Waals surface area contributed by atoms with Gasteiger partial charge in [0.25, 0.3) is 5.91 Å². The largest absolute Gasteiger partial charge is 0.363 e. The van der Waals surface area contributed by atoms with Crippen LogP contribution >= 0.6 is 48.3 Å². The van der Waals surface area contributed by atoms with E-state index in [1.54, 1.807) is 12.1 Å². The maximum Gasteiger partial charge on any atom is 0.260 e. The molecule has 1 aliphatic heterocycles. The van der Waals surface area contributed by atoms with Crippen LogP contribution in [-0.2, 0) is 5.72 Å². The van der Waals surface area contributed by atoms with Crippen molar-refractivity contribution in [2.24, 2.45) is 0 Å². The smallest absolute Gasteiger partial charge is 0.260 e.